The van der Waals surface area contributed by atoms with Gasteiger partial charge in [-0.25, -0.2) is 0 Å². The average Bonchev–Trinajstić information content (AvgIpc) is 2.36. The number of benzene rings is 1. The Hall–Kier alpha value is -0.520. The van der Waals surface area contributed by atoms with Gasteiger partial charge in [-0.2, -0.15) is 0 Å². The Morgan fingerprint density at radius 1 is 1.37 bits per heavy atom. The lowest BCUT2D eigenvalue weighted by Crippen LogP contribution is -2.35. The molecule has 0 aliphatic heterocycles. The lowest BCUT2D eigenvalue weighted by molar-refractivity contribution is -0.119. The number of hydrogen-bond acceptors (Lipinski definition) is 3. The minimum Gasteiger partial charge on any atom is -0.396 e. The number of carbonyl (C=O) groups is 1. The fraction of sp³-hybridized carbons (Fsp3) is 0.500. The summed E-state index contributed by atoms with van der Waals surface area (Å²) in [5.74, 6) is 0.440. The molecule has 0 aliphatic carbocycles. The summed E-state index contributed by atoms with van der Waals surface area (Å²) in [6.45, 7) is 4.81. The molecule has 0 saturated heterocycles. The lowest BCUT2D eigenvalue weighted by Gasteiger charge is -2.23. The summed E-state index contributed by atoms with van der Waals surface area (Å²) < 4.78 is 1.03. The third kappa shape index (κ3) is 6.99. The molecule has 1 amide bonds. The molecule has 0 aromatic heterocycles. The number of halogens is 1. The summed E-state index contributed by atoms with van der Waals surface area (Å²) in [5.41, 5.74) is -0.0628. The third-order valence-electron chi connectivity index (χ3n) is 2.74. The molecular weight excluding hydrogens is 326 g/mol. The van der Waals surface area contributed by atoms with Crippen LogP contribution in [0.2, 0.25) is 0 Å². The number of rotatable bonds is 7. The van der Waals surface area contributed by atoms with Crippen LogP contribution in [-0.2, 0) is 4.79 Å². The second-order valence-corrected chi connectivity index (χ2v) is 7.12. The van der Waals surface area contributed by atoms with Crippen LogP contribution >= 0.6 is 27.7 Å². The SMILES string of the molecule is CC(C)(CCO)CNC(=O)CSc1ccc(Br)cc1. The lowest BCUT2D eigenvalue weighted by atomic mass is 9.90. The van der Waals surface area contributed by atoms with E-state index in [0.29, 0.717) is 18.7 Å². The predicted octanol–water partition coefficient (Wildman–Crippen LogP) is 3.07. The van der Waals surface area contributed by atoms with E-state index in [2.05, 4.69) is 21.2 Å². The molecule has 0 heterocycles. The molecule has 0 unspecified atom stereocenters. The number of nitrogens with one attached hydrogen (secondary N) is 1. The van der Waals surface area contributed by atoms with Crippen LogP contribution in [0.25, 0.3) is 0 Å². The maximum atomic E-state index is 11.7. The van der Waals surface area contributed by atoms with E-state index in [1.54, 1.807) is 0 Å². The van der Waals surface area contributed by atoms with Crippen LogP contribution in [0.5, 0.6) is 0 Å². The van der Waals surface area contributed by atoms with Gasteiger partial charge in [0, 0.05) is 22.5 Å². The highest BCUT2D eigenvalue weighted by atomic mass is 79.9. The van der Waals surface area contributed by atoms with Crippen LogP contribution in [0.15, 0.2) is 33.6 Å². The Morgan fingerprint density at radius 3 is 2.58 bits per heavy atom. The molecule has 0 bridgehead atoms. The van der Waals surface area contributed by atoms with Crippen molar-refractivity contribution in [2.45, 2.75) is 25.2 Å². The van der Waals surface area contributed by atoms with Crippen LogP contribution in [0.3, 0.4) is 0 Å². The number of thioether (sulfide) groups is 1. The Labute approximate surface area is 127 Å². The van der Waals surface area contributed by atoms with Crippen molar-refractivity contribution in [1.82, 2.24) is 5.32 Å². The van der Waals surface area contributed by atoms with E-state index in [4.69, 9.17) is 5.11 Å². The topological polar surface area (TPSA) is 49.3 Å². The van der Waals surface area contributed by atoms with Gasteiger partial charge >= 0.3 is 0 Å². The summed E-state index contributed by atoms with van der Waals surface area (Å²) in [6, 6.07) is 7.89. The monoisotopic (exact) mass is 345 g/mol. The first-order valence-corrected chi connectivity index (χ1v) is 7.97. The van der Waals surface area contributed by atoms with E-state index in [-0.39, 0.29) is 17.9 Å². The van der Waals surface area contributed by atoms with Crippen LogP contribution in [0.1, 0.15) is 20.3 Å². The fourth-order valence-electron chi connectivity index (χ4n) is 1.46. The maximum absolute atomic E-state index is 11.7. The summed E-state index contributed by atoms with van der Waals surface area (Å²) >= 11 is 4.90. The van der Waals surface area contributed by atoms with Crippen LogP contribution in [0, 0.1) is 5.41 Å². The van der Waals surface area contributed by atoms with Gasteiger partial charge in [-0.3, -0.25) is 4.79 Å². The third-order valence-corrected chi connectivity index (χ3v) is 4.28. The molecule has 1 aromatic carbocycles. The molecular formula is C14H20BrNO2S. The van der Waals surface area contributed by atoms with Crippen molar-refractivity contribution in [3.63, 3.8) is 0 Å². The van der Waals surface area contributed by atoms with Gasteiger partial charge < -0.3 is 10.4 Å². The Morgan fingerprint density at radius 2 is 2.00 bits per heavy atom. The van der Waals surface area contributed by atoms with Gasteiger partial charge in [0.15, 0.2) is 0 Å². The quantitative estimate of drug-likeness (QED) is 0.746. The first-order chi connectivity index (χ1) is 8.93. The first-order valence-electron chi connectivity index (χ1n) is 6.19. The van der Waals surface area contributed by atoms with E-state index in [1.165, 1.54) is 11.8 Å². The van der Waals surface area contributed by atoms with Crippen molar-refractivity contribution in [3.05, 3.63) is 28.7 Å². The smallest absolute Gasteiger partial charge is 0.230 e. The van der Waals surface area contributed by atoms with Gasteiger partial charge in [0.2, 0.25) is 5.91 Å². The summed E-state index contributed by atoms with van der Waals surface area (Å²) in [5, 5.41) is 11.8. The summed E-state index contributed by atoms with van der Waals surface area (Å²) in [4.78, 5) is 12.8. The van der Waals surface area contributed by atoms with Gasteiger partial charge in [-0.05, 0) is 36.1 Å². The van der Waals surface area contributed by atoms with E-state index < -0.39 is 0 Å². The Balaban J connectivity index is 2.30. The normalized spacial score (nSPS) is 11.4. The molecule has 0 aliphatic rings. The molecule has 0 radical (unpaired) electrons. The first kappa shape index (κ1) is 16.5. The zero-order valence-electron chi connectivity index (χ0n) is 11.3. The molecule has 0 fully saturated rings. The van der Waals surface area contributed by atoms with Crippen molar-refractivity contribution >= 4 is 33.6 Å². The summed E-state index contributed by atoms with van der Waals surface area (Å²) in [6.07, 6.45) is 0.688. The number of aliphatic hydroxyl groups is 1. The van der Waals surface area contributed by atoms with Gasteiger partial charge in [-0.15, -0.1) is 11.8 Å². The summed E-state index contributed by atoms with van der Waals surface area (Å²) in [7, 11) is 0. The molecule has 0 saturated carbocycles. The molecule has 1 aromatic rings. The van der Waals surface area contributed by atoms with E-state index in [9.17, 15) is 4.79 Å². The molecule has 5 heteroatoms. The van der Waals surface area contributed by atoms with Gasteiger partial charge in [0.05, 0.1) is 5.75 Å². The van der Waals surface area contributed by atoms with Gasteiger partial charge in [-0.1, -0.05) is 29.8 Å². The number of aliphatic hydroxyl groups excluding tert-OH is 1. The van der Waals surface area contributed by atoms with Crippen LogP contribution in [0.4, 0.5) is 0 Å². The van der Waals surface area contributed by atoms with E-state index in [1.807, 2.05) is 38.1 Å². The van der Waals surface area contributed by atoms with Crippen LogP contribution in [-0.4, -0.2) is 29.9 Å². The number of amides is 1. The van der Waals surface area contributed by atoms with Crippen molar-refractivity contribution in [2.75, 3.05) is 18.9 Å². The molecule has 106 valence electrons. The largest absolute Gasteiger partial charge is 0.396 e. The standard InChI is InChI=1S/C14H20BrNO2S/c1-14(2,7-8-17)10-16-13(18)9-19-12-5-3-11(15)4-6-12/h3-6,17H,7-10H2,1-2H3,(H,16,18). The highest BCUT2D eigenvalue weighted by Gasteiger charge is 2.17. The highest BCUT2D eigenvalue weighted by molar-refractivity contribution is 9.10. The second-order valence-electron chi connectivity index (χ2n) is 5.16. The van der Waals surface area contributed by atoms with Crippen LogP contribution < -0.4 is 5.32 Å². The van der Waals surface area contributed by atoms with Gasteiger partial charge in [0.1, 0.15) is 0 Å². The van der Waals surface area contributed by atoms with E-state index >= 15 is 0 Å². The minimum absolute atomic E-state index is 0.0268. The second kappa shape index (κ2) is 7.92. The molecule has 2 N–H and O–H groups in total. The van der Waals surface area contributed by atoms with Crippen molar-refractivity contribution < 1.29 is 9.90 Å². The molecule has 3 nitrogen and oxygen atoms in total. The van der Waals surface area contributed by atoms with Gasteiger partial charge in [0.25, 0.3) is 0 Å². The Bertz CT molecular complexity index is 406. The van der Waals surface area contributed by atoms with Crippen molar-refractivity contribution in [1.29, 1.82) is 0 Å². The highest BCUT2D eigenvalue weighted by Crippen LogP contribution is 2.21. The number of carbonyl (C=O) groups excluding carboxylic acids is 1. The molecule has 0 spiro atoms. The van der Waals surface area contributed by atoms with E-state index in [0.717, 1.165) is 9.37 Å². The van der Waals surface area contributed by atoms with Crippen molar-refractivity contribution in [2.24, 2.45) is 5.41 Å². The fourth-order valence-corrected chi connectivity index (χ4v) is 2.45. The maximum Gasteiger partial charge on any atom is 0.230 e. The molecule has 1 rings (SSSR count). The zero-order chi connectivity index (χ0) is 14.3. The van der Waals surface area contributed by atoms with Crippen molar-refractivity contribution in [3.8, 4) is 0 Å². The zero-order valence-corrected chi connectivity index (χ0v) is 13.7. The average molecular weight is 346 g/mol. The minimum atomic E-state index is -0.0628. The Kier molecular flexibility index (Phi) is 6.89. The molecule has 0 atom stereocenters. The predicted molar refractivity (Wildman–Crippen MR) is 83.4 cm³/mol. The number of hydrogen-bond donors (Lipinski definition) is 2. The molecule has 19 heavy (non-hydrogen) atoms.